The van der Waals surface area contributed by atoms with Crippen LogP contribution in [0.3, 0.4) is 0 Å². The zero-order valence-electron chi connectivity index (χ0n) is 16.3. The van der Waals surface area contributed by atoms with Crippen molar-refractivity contribution in [1.29, 1.82) is 0 Å². The lowest BCUT2D eigenvalue weighted by Crippen LogP contribution is -1.91. The van der Waals surface area contributed by atoms with Crippen LogP contribution in [0.2, 0.25) is 0 Å². The lowest BCUT2D eigenvalue weighted by molar-refractivity contribution is 0.466. The highest BCUT2D eigenvalue weighted by molar-refractivity contribution is 5.36. The second kappa shape index (κ2) is 10.1. The van der Waals surface area contributed by atoms with Gasteiger partial charge in [0.15, 0.2) is 0 Å². The number of aromatic nitrogens is 2. The number of pyridine rings is 2. The highest BCUT2D eigenvalue weighted by Gasteiger charge is 2.04. The van der Waals surface area contributed by atoms with Gasteiger partial charge in [-0.15, -0.1) is 0 Å². The monoisotopic (exact) mass is 444 g/mol. The first-order chi connectivity index (χ1) is 15.3. The van der Waals surface area contributed by atoms with E-state index < -0.39 is 23.3 Å². The number of benzene rings is 2. The maximum atomic E-state index is 12.8. The molecule has 4 N–H and O–H groups in total. The molecule has 0 amide bonds. The smallest absolute Gasteiger partial charge is 0.145 e. The zero-order chi connectivity index (χ0) is 23.1. The van der Waals surface area contributed by atoms with Crippen molar-refractivity contribution < 1.29 is 27.0 Å². The standard InChI is InChI=1S/2C11H8F2N2O/c2*12-7-3-8(13)5-10(4-7)16-9-1-2-11(14)15-6-9/h2*1-6H,(H2,14,15). The minimum absolute atomic E-state index is 0.0732. The van der Waals surface area contributed by atoms with Gasteiger partial charge in [-0.05, 0) is 24.3 Å². The molecule has 0 spiro atoms. The number of hydrogen-bond acceptors (Lipinski definition) is 6. The lowest BCUT2D eigenvalue weighted by Gasteiger charge is -2.05. The Morgan fingerprint density at radius 2 is 0.844 bits per heavy atom. The van der Waals surface area contributed by atoms with Gasteiger partial charge in [-0.1, -0.05) is 0 Å². The zero-order valence-corrected chi connectivity index (χ0v) is 16.3. The number of halogens is 4. The van der Waals surface area contributed by atoms with Gasteiger partial charge in [0.25, 0.3) is 0 Å². The first-order valence-electron chi connectivity index (χ1n) is 8.98. The molecule has 32 heavy (non-hydrogen) atoms. The van der Waals surface area contributed by atoms with E-state index in [0.29, 0.717) is 23.1 Å². The summed E-state index contributed by atoms with van der Waals surface area (Å²) in [7, 11) is 0. The van der Waals surface area contributed by atoms with Crippen LogP contribution in [0, 0.1) is 23.3 Å². The fourth-order valence-electron chi connectivity index (χ4n) is 2.35. The third kappa shape index (κ3) is 6.87. The number of nitrogen functional groups attached to an aromatic ring is 2. The lowest BCUT2D eigenvalue weighted by atomic mass is 10.3. The molecule has 0 saturated heterocycles. The minimum Gasteiger partial charge on any atom is -0.456 e. The number of rotatable bonds is 4. The van der Waals surface area contributed by atoms with Crippen molar-refractivity contribution >= 4 is 11.6 Å². The molecular weight excluding hydrogens is 428 g/mol. The van der Waals surface area contributed by atoms with Crippen LogP contribution in [0.15, 0.2) is 73.1 Å². The molecule has 164 valence electrons. The second-order valence-electron chi connectivity index (χ2n) is 6.25. The van der Waals surface area contributed by atoms with Gasteiger partial charge in [0, 0.05) is 36.4 Å². The number of hydrogen-bond donors (Lipinski definition) is 2. The fraction of sp³-hybridized carbons (Fsp3) is 0. The van der Waals surface area contributed by atoms with Gasteiger partial charge in [-0.2, -0.15) is 0 Å². The van der Waals surface area contributed by atoms with E-state index in [-0.39, 0.29) is 11.5 Å². The summed E-state index contributed by atoms with van der Waals surface area (Å²) in [6.07, 6.45) is 2.75. The summed E-state index contributed by atoms with van der Waals surface area (Å²) in [5.41, 5.74) is 10.8. The molecule has 0 fully saturated rings. The highest BCUT2D eigenvalue weighted by Crippen LogP contribution is 2.24. The Balaban J connectivity index is 0.000000181. The molecule has 0 aliphatic carbocycles. The molecule has 4 aromatic rings. The summed E-state index contributed by atoms with van der Waals surface area (Å²) < 4.78 is 61.8. The summed E-state index contributed by atoms with van der Waals surface area (Å²) in [5.74, 6) is -1.23. The summed E-state index contributed by atoms with van der Waals surface area (Å²) >= 11 is 0. The van der Waals surface area contributed by atoms with E-state index in [1.54, 1.807) is 12.1 Å². The van der Waals surface area contributed by atoms with E-state index in [0.717, 1.165) is 36.4 Å². The van der Waals surface area contributed by atoms with E-state index in [2.05, 4.69) is 9.97 Å². The van der Waals surface area contributed by atoms with Crippen LogP contribution in [0.4, 0.5) is 29.2 Å². The van der Waals surface area contributed by atoms with E-state index in [4.69, 9.17) is 20.9 Å². The normalized spacial score (nSPS) is 10.1. The van der Waals surface area contributed by atoms with E-state index in [1.807, 2.05) is 0 Å². The first-order valence-corrected chi connectivity index (χ1v) is 8.98. The Morgan fingerprint density at radius 1 is 0.500 bits per heavy atom. The van der Waals surface area contributed by atoms with Crippen LogP contribution >= 0.6 is 0 Å². The number of nitrogens with two attached hydrogens (primary N) is 2. The van der Waals surface area contributed by atoms with Crippen molar-refractivity contribution in [2.24, 2.45) is 0 Å². The Kier molecular flexibility index (Phi) is 7.06. The van der Waals surface area contributed by atoms with Gasteiger partial charge < -0.3 is 20.9 Å². The molecular formula is C22H16F4N4O2. The van der Waals surface area contributed by atoms with Gasteiger partial charge in [-0.3, -0.25) is 0 Å². The largest absolute Gasteiger partial charge is 0.456 e. The summed E-state index contributed by atoms with van der Waals surface area (Å²) in [4.78, 5) is 7.57. The molecule has 0 aliphatic rings. The van der Waals surface area contributed by atoms with Crippen molar-refractivity contribution in [3.8, 4) is 23.0 Å². The molecule has 10 heteroatoms. The van der Waals surface area contributed by atoms with Gasteiger partial charge >= 0.3 is 0 Å². The molecule has 6 nitrogen and oxygen atoms in total. The number of anilines is 2. The maximum Gasteiger partial charge on any atom is 0.145 e. The molecule has 0 saturated carbocycles. The third-order valence-electron chi connectivity index (χ3n) is 3.66. The van der Waals surface area contributed by atoms with Crippen LogP contribution in [0.25, 0.3) is 0 Å². The molecule has 4 rings (SSSR count). The van der Waals surface area contributed by atoms with Crippen LogP contribution in [-0.4, -0.2) is 9.97 Å². The Bertz CT molecular complexity index is 1050. The Hall–Kier alpha value is -4.34. The predicted octanol–water partition coefficient (Wildman–Crippen LogP) is 5.47. The van der Waals surface area contributed by atoms with Crippen LogP contribution < -0.4 is 20.9 Å². The second-order valence-corrected chi connectivity index (χ2v) is 6.25. The molecule has 0 unspecified atom stereocenters. The summed E-state index contributed by atoms with van der Waals surface area (Å²) in [6, 6.07) is 12.1. The molecule has 2 aromatic carbocycles. The van der Waals surface area contributed by atoms with Crippen molar-refractivity contribution in [2.75, 3.05) is 11.5 Å². The SMILES string of the molecule is Nc1ccc(Oc2cc(F)cc(F)c2)cn1.Nc1ccc(Oc2cc(F)cc(F)c2)cn1. The topological polar surface area (TPSA) is 96.3 Å². The van der Waals surface area contributed by atoms with Gasteiger partial charge in [-0.25, -0.2) is 27.5 Å². The summed E-state index contributed by atoms with van der Waals surface area (Å²) in [5, 5.41) is 0. The van der Waals surface area contributed by atoms with Crippen molar-refractivity contribution in [1.82, 2.24) is 9.97 Å². The van der Waals surface area contributed by atoms with Gasteiger partial charge in [0.2, 0.25) is 0 Å². The van der Waals surface area contributed by atoms with E-state index >= 15 is 0 Å². The van der Waals surface area contributed by atoms with Crippen molar-refractivity contribution in [3.05, 3.63) is 96.3 Å². The highest BCUT2D eigenvalue weighted by atomic mass is 19.1. The Labute approximate surface area is 180 Å². The van der Waals surface area contributed by atoms with Crippen molar-refractivity contribution in [2.45, 2.75) is 0 Å². The third-order valence-corrected chi connectivity index (χ3v) is 3.66. The average Bonchev–Trinajstić information content (AvgIpc) is 2.71. The van der Waals surface area contributed by atoms with Crippen LogP contribution in [-0.2, 0) is 0 Å². The molecule has 2 heterocycles. The van der Waals surface area contributed by atoms with Gasteiger partial charge in [0.05, 0.1) is 12.4 Å². The molecule has 0 radical (unpaired) electrons. The van der Waals surface area contributed by atoms with E-state index in [9.17, 15) is 17.6 Å². The minimum atomic E-state index is -0.696. The molecule has 0 atom stereocenters. The fourth-order valence-corrected chi connectivity index (χ4v) is 2.35. The Morgan fingerprint density at radius 3 is 1.12 bits per heavy atom. The average molecular weight is 444 g/mol. The van der Waals surface area contributed by atoms with Crippen LogP contribution in [0.1, 0.15) is 0 Å². The molecule has 0 aliphatic heterocycles. The van der Waals surface area contributed by atoms with E-state index in [1.165, 1.54) is 24.5 Å². The number of nitrogens with zero attached hydrogens (tertiary/aromatic N) is 2. The van der Waals surface area contributed by atoms with Crippen molar-refractivity contribution in [3.63, 3.8) is 0 Å². The first kappa shape index (κ1) is 22.3. The molecule has 0 bridgehead atoms. The molecule has 2 aromatic heterocycles. The number of ether oxygens (including phenoxy) is 2. The quantitative estimate of drug-likeness (QED) is 0.405. The summed E-state index contributed by atoms with van der Waals surface area (Å²) in [6.45, 7) is 0. The maximum absolute atomic E-state index is 12.8. The predicted molar refractivity (Wildman–Crippen MR) is 110 cm³/mol. The van der Waals surface area contributed by atoms with Crippen LogP contribution in [0.5, 0.6) is 23.0 Å². The van der Waals surface area contributed by atoms with Gasteiger partial charge in [0.1, 0.15) is 57.9 Å².